The van der Waals surface area contributed by atoms with E-state index < -0.39 is 11.5 Å². The number of rotatable bonds is 5. The zero-order valence-electron chi connectivity index (χ0n) is 12.8. The molecule has 0 unspecified atom stereocenters. The maximum Gasteiger partial charge on any atom is 0.308 e. The molecule has 0 radical (unpaired) electrons. The average Bonchev–Trinajstić information content (AvgIpc) is 2.44. The summed E-state index contributed by atoms with van der Waals surface area (Å²) in [6.07, 6.45) is -0.341. The van der Waals surface area contributed by atoms with Gasteiger partial charge in [-0.2, -0.15) is 0 Å². The number of aryl methyl sites for hydroxylation is 3. The molecule has 0 fully saturated rings. The Hall–Kier alpha value is -2.63. The lowest BCUT2D eigenvalue weighted by molar-refractivity contribution is -0.136. The summed E-state index contributed by atoms with van der Waals surface area (Å²) in [5.41, 5.74) is 2.43. The van der Waals surface area contributed by atoms with Crippen LogP contribution >= 0.6 is 0 Å². The normalized spacial score (nSPS) is 10.5. The average molecular weight is 302 g/mol. The number of aromatic amines is 1. The van der Waals surface area contributed by atoms with Crippen LogP contribution in [0.5, 0.6) is 5.75 Å². The second-order valence-corrected chi connectivity index (χ2v) is 5.18. The van der Waals surface area contributed by atoms with Gasteiger partial charge in [0.2, 0.25) is 0 Å². The number of hydrogen-bond acceptors (Lipinski definition) is 4. The molecule has 1 aromatic heterocycles. The summed E-state index contributed by atoms with van der Waals surface area (Å²) in [5.74, 6) is 0.00223. The van der Waals surface area contributed by atoms with E-state index in [1.54, 1.807) is 6.92 Å². The number of benzene rings is 1. The fourth-order valence-corrected chi connectivity index (χ4v) is 2.05. The van der Waals surface area contributed by atoms with Crippen molar-refractivity contribution in [3.63, 3.8) is 0 Å². The number of aliphatic carboxylic acids is 1. The van der Waals surface area contributed by atoms with E-state index in [1.807, 2.05) is 32.0 Å². The molecule has 0 spiro atoms. The molecule has 1 aromatic carbocycles. The van der Waals surface area contributed by atoms with E-state index >= 15 is 0 Å². The summed E-state index contributed by atoms with van der Waals surface area (Å²) in [5, 5.41) is 8.78. The Balaban J connectivity index is 2.15. The van der Waals surface area contributed by atoms with Gasteiger partial charge >= 0.3 is 5.97 Å². The second kappa shape index (κ2) is 6.43. The first-order valence-corrected chi connectivity index (χ1v) is 6.87. The van der Waals surface area contributed by atoms with Crippen molar-refractivity contribution in [2.24, 2.45) is 0 Å². The molecule has 0 bridgehead atoms. The van der Waals surface area contributed by atoms with Gasteiger partial charge in [-0.15, -0.1) is 0 Å². The standard InChI is InChI=1S/C16H18N2O4/c1-9-4-5-12(6-10(9)2)22-8-14-17-11(3)13(7-15(19)20)16(21)18-14/h4-6H,7-8H2,1-3H3,(H,19,20)(H,17,18,21). The van der Waals surface area contributed by atoms with E-state index in [9.17, 15) is 9.59 Å². The molecule has 0 saturated heterocycles. The predicted molar refractivity (Wildman–Crippen MR) is 81.2 cm³/mol. The van der Waals surface area contributed by atoms with Gasteiger partial charge in [-0.05, 0) is 44.0 Å². The molecule has 2 rings (SSSR count). The first-order valence-electron chi connectivity index (χ1n) is 6.87. The molecule has 6 heteroatoms. The van der Waals surface area contributed by atoms with Gasteiger partial charge in [0, 0.05) is 11.3 Å². The van der Waals surface area contributed by atoms with Gasteiger partial charge in [-0.25, -0.2) is 4.98 Å². The van der Waals surface area contributed by atoms with Crippen LogP contribution in [0.1, 0.15) is 28.2 Å². The summed E-state index contributed by atoms with van der Waals surface area (Å²) in [7, 11) is 0. The van der Waals surface area contributed by atoms with E-state index in [0.29, 0.717) is 17.3 Å². The maximum absolute atomic E-state index is 11.9. The Morgan fingerprint density at radius 3 is 2.59 bits per heavy atom. The van der Waals surface area contributed by atoms with Crippen molar-refractivity contribution in [2.75, 3.05) is 0 Å². The molecule has 116 valence electrons. The molecule has 2 aromatic rings. The highest BCUT2D eigenvalue weighted by Crippen LogP contribution is 2.17. The van der Waals surface area contributed by atoms with Crippen LogP contribution in [-0.4, -0.2) is 21.0 Å². The van der Waals surface area contributed by atoms with E-state index in [2.05, 4.69) is 9.97 Å². The number of aromatic nitrogens is 2. The highest BCUT2D eigenvalue weighted by atomic mass is 16.5. The third-order valence-electron chi connectivity index (χ3n) is 3.45. The van der Waals surface area contributed by atoms with Crippen molar-refractivity contribution in [3.8, 4) is 5.75 Å². The number of nitrogens with one attached hydrogen (secondary N) is 1. The van der Waals surface area contributed by atoms with Crippen molar-refractivity contribution >= 4 is 5.97 Å². The van der Waals surface area contributed by atoms with Gasteiger partial charge in [0.05, 0.1) is 6.42 Å². The lowest BCUT2D eigenvalue weighted by Gasteiger charge is -2.09. The third kappa shape index (κ3) is 3.72. The van der Waals surface area contributed by atoms with Crippen LogP contribution in [-0.2, 0) is 17.8 Å². The number of carbonyl (C=O) groups is 1. The molecule has 22 heavy (non-hydrogen) atoms. The van der Waals surface area contributed by atoms with Crippen LogP contribution in [0.3, 0.4) is 0 Å². The smallest absolute Gasteiger partial charge is 0.308 e. The van der Waals surface area contributed by atoms with Crippen LogP contribution in [0.4, 0.5) is 0 Å². The second-order valence-electron chi connectivity index (χ2n) is 5.18. The molecule has 0 saturated carbocycles. The number of carboxylic acids is 1. The van der Waals surface area contributed by atoms with Crippen molar-refractivity contribution in [1.29, 1.82) is 0 Å². The van der Waals surface area contributed by atoms with E-state index in [1.165, 1.54) is 5.56 Å². The van der Waals surface area contributed by atoms with Crippen LogP contribution < -0.4 is 10.3 Å². The van der Waals surface area contributed by atoms with E-state index in [0.717, 1.165) is 5.56 Å². The quantitative estimate of drug-likeness (QED) is 0.880. The monoisotopic (exact) mass is 302 g/mol. The Bertz CT molecular complexity index is 765. The van der Waals surface area contributed by atoms with E-state index in [-0.39, 0.29) is 18.6 Å². The third-order valence-corrected chi connectivity index (χ3v) is 3.45. The highest BCUT2D eigenvalue weighted by Gasteiger charge is 2.12. The molecule has 0 aliphatic carbocycles. The molecular weight excluding hydrogens is 284 g/mol. The lowest BCUT2D eigenvalue weighted by atomic mass is 10.1. The number of nitrogens with zero attached hydrogens (tertiary/aromatic N) is 1. The van der Waals surface area contributed by atoms with Crippen LogP contribution in [0, 0.1) is 20.8 Å². The molecular formula is C16H18N2O4. The van der Waals surface area contributed by atoms with Crippen molar-refractivity contribution < 1.29 is 14.6 Å². The maximum atomic E-state index is 11.9. The highest BCUT2D eigenvalue weighted by molar-refractivity contribution is 5.70. The Labute approximate surface area is 127 Å². The Morgan fingerprint density at radius 2 is 2.00 bits per heavy atom. The largest absolute Gasteiger partial charge is 0.486 e. The minimum absolute atomic E-state index is 0.117. The first-order chi connectivity index (χ1) is 10.4. The molecule has 0 aliphatic rings. The molecule has 0 aliphatic heterocycles. The summed E-state index contributed by atoms with van der Waals surface area (Å²) >= 11 is 0. The van der Waals surface area contributed by atoms with Crippen molar-refractivity contribution in [3.05, 3.63) is 56.8 Å². The van der Waals surface area contributed by atoms with Crippen molar-refractivity contribution in [2.45, 2.75) is 33.8 Å². The fourth-order valence-electron chi connectivity index (χ4n) is 2.05. The van der Waals surface area contributed by atoms with Crippen LogP contribution in [0.2, 0.25) is 0 Å². The molecule has 6 nitrogen and oxygen atoms in total. The zero-order valence-corrected chi connectivity index (χ0v) is 12.8. The predicted octanol–water partition coefficient (Wildman–Crippen LogP) is 1.90. The lowest BCUT2D eigenvalue weighted by Crippen LogP contribution is -2.22. The summed E-state index contributed by atoms with van der Waals surface area (Å²) < 4.78 is 5.61. The van der Waals surface area contributed by atoms with Crippen molar-refractivity contribution in [1.82, 2.24) is 9.97 Å². The van der Waals surface area contributed by atoms with Gasteiger partial charge in [0.1, 0.15) is 18.2 Å². The van der Waals surface area contributed by atoms with Gasteiger partial charge in [0.15, 0.2) is 0 Å². The zero-order chi connectivity index (χ0) is 16.3. The van der Waals surface area contributed by atoms with Gasteiger partial charge < -0.3 is 14.8 Å². The number of hydrogen-bond donors (Lipinski definition) is 2. The first kappa shape index (κ1) is 15.8. The summed E-state index contributed by atoms with van der Waals surface area (Å²) in [4.78, 5) is 29.4. The number of ether oxygens (including phenoxy) is 1. The van der Waals surface area contributed by atoms with Gasteiger partial charge in [-0.1, -0.05) is 6.07 Å². The number of carboxylic acid groups (broad SMARTS) is 1. The Morgan fingerprint density at radius 1 is 1.27 bits per heavy atom. The minimum atomic E-state index is -1.06. The summed E-state index contributed by atoms with van der Waals surface area (Å²) in [6, 6.07) is 5.73. The van der Waals surface area contributed by atoms with Crippen LogP contribution in [0.15, 0.2) is 23.0 Å². The minimum Gasteiger partial charge on any atom is -0.486 e. The molecule has 0 amide bonds. The topological polar surface area (TPSA) is 92.3 Å². The van der Waals surface area contributed by atoms with Gasteiger partial charge in [-0.3, -0.25) is 9.59 Å². The molecule has 1 heterocycles. The molecule has 2 N–H and O–H groups in total. The SMILES string of the molecule is Cc1ccc(OCc2nc(C)c(CC(=O)O)c(=O)[nH]2)cc1C. The fraction of sp³-hybridized carbons (Fsp3) is 0.312. The Kier molecular flexibility index (Phi) is 4.60. The number of H-pyrrole nitrogens is 1. The van der Waals surface area contributed by atoms with E-state index in [4.69, 9.17) is 9.84 Å². The van der Waals surface area contributed by atoms with Crippen LogP contribution in [0.25, 0.3) is 0 Å². The molecule has 0 atom stereocenters. The van der Waals surface area contributed by atoms with Gasteiger partial charge in [0.25, 0.3) is 5.56 Å². The summed E-state index contributed by atoms with van der Waals surface area (Å²) in [6.45, 7) is 5.74.